The van der Waals surface area contributed by atoms with Gasteiger partial charge in [-0.3, -0.25) is 4.79 Å². The molecular formula is C18H17NO. The van der Waals surface area contributed by atoms with Crippen LogP contribution in [0.1, 0.15) is 27.2 Å². The number of carbonyl (C=O) groups is 1. The van der Waals surface area contributed by atoms with Gasteiger partial charge in [0, 0.05) is 17.3 Å². The van der Waals surface area contributed by atoms with E-state index in [1.165, 1.54) is 16.7 Å². The van der Waals surface area contributed by atoms with Gasteiger partial charge in [0.15, 0.2) is 6.29 Å². The van der Waals surface area contributed by atoms with Crippen LogP contribution < -0.4 is 0 Å². The summed E-state index contributed by atoms with van der Waals surface area (Å²) < 4.78 is 1.97. The van der Waals surface area contributed by atoms with Crippen molar-refractivity contribution < 1.29 is 4.79 Å². The summed E-state index contributed by atoms with van der Waals surface area (Å²) in [5.74, 6) is 0. The first-order valence-corrected chi connectivity index (χ1v) is 6.75. The van der Waals surface area contributed by atoms with Crippen LogP contribution in [-0.2, 0) is 0 Å². The summed E-state index contributed by atoms with van der Waals surface area (Å²) in [7, 11) is 0. The molecule has 0 fully saturated rings. The fourth-order valence-corrected chi connectivity index (χ4v) is 2.72. The lowest BCUT2D eigenvalue weighted by molar-refractivity contribution is 0.111. The van der Waals surface area contributed by atoms with Crippen molar-refractivity contribution in [3.05, 3.63) is 65.0 Å². The van der Waals surface area contributed by atoms with Crippen molar-refractivity contribution in [1.29, 1.82) is 0 Å². The van der Waals surface area contributed by atoms with Gasteiger partial charge < -0.3 is 4.40 Å². The van der Waals surface area contributed by atoms with Crippen molar-refractivity contribution in [2.45, 2.75) is 20.8 Å². The number of benzene rings is 1. The average Bonchev–Trinajstić information content (AvgIpc) is 2.81. The highest BCUT2D eigenvalue weighted by atomic mass is 16.1. The standard InChI is InChI=1S/C18H17NO/c1-12-6-7-13(2)15(9-12)16-10-17-14(3)5-4-8-19(17)18(16)11-20/h4-11H,1-3H3. The maximum atomic E-state index is 11.6. The van der Waals surface area contributed by atoms with Crippen LogP contribution in [0.5, 0.6) is 0 Å². The first kappa shape index (κ1) is 12.7. The summed E-state index contributed by atoms with van der Waals surface area (Å²) in [6, 6.07) is 12.5. The minimum Gasteiger partial charge on any atom is -0.313 e. The normalized spacial score (nSPS) is 10.9. The molecule has 0 N–H and O–H groups in total. The third-order valence-corrected chi connectivity index (χ3v) is 3.86. The van der Waals surface area contributed by atoms with Crippen LogP contribution in [-0.4, -0.2) is 10.7 Å². The summed E-state index contributed by atoms with van der Waals surface area (Å²) in [6.45, 7) is 6.22. The molecule has 0 unspecified atom stereocenters. The summed E-state index contributed by atoms with van der Waals surface area (Å²) in [5.41, 5.74) is 7.52. The Morgan fingerprint density at radius 3 is 2.50 bits per heavy atom. The molecule has 0 atom stereocenters. The van der Waals surface area contributed by atoms with E-state index < -0.39 is 0 Å². The predicted molar refractivity (Wildman–Crippen MR) is 82.4 cm³/mol. The van der Waals surface area contributed by atoms with E-state index in [1.54, 1.807) is 0 Å². The smallest absolute Gasteiger partial charge is 0.167 e. The first-order chi connectivity index (χ1) is 9.61. The minimum atomic E-state index is 0.720. The SMILES string of the molecule is Cc1ccc(C)c(-c2cc3c(C)cccn3c2C=O)c1. The molecule has 0 saturated heterocycles. The fraction of sp³-hybridized carbons (Fsp3) is 0.167. The molecular weight excluding hydrogens is 246 g/mol. The second-order valence-corrected chi connectivity index (χ2v) is 5.33. The number of hydrogen-bond acceptors (Lipinski definition) is 1. The monoisotopic (exact) mass is 263 g/mol. The Morgan fingerprint density at radius 2 is 1.75 bits per heavy atom. The Morgan fingerprint density at radius 1 is 0.950 bits per heavy atom. The van der Waals surface area contributed by atoms with E-state index in [4.69, 9.17) is 0 Å². The molecule has 1 aromatic carbocycles. The number of aldehydes is 1. The molecule has 20 heavy (non-hydrogen) atoms. The highest BCUT2D eigenvalue weighted by Gasteiger charge is 2.14. The lowest BCUT2D eigenvalue weighted by atomic mass is 9.98. The van der Waals surface area contributed by atoms with Crippen LogP contribution in [0.2, 0.25) is 0 Å². The minimum absolute atomic E-state index is 0.720. The van der Waals surface area contributed by atoms with Gasteiger partial charge in [0.2, 0.25) is 0 Å². The van der Waals surface area contributed by atoms with E-state index in [2.05, 4.69) is 51.1 Å². The molecule has 0 amide bonds. The number of hydrogen-bond donors (Lipinski definition) is 0. The van der Waals surface area contributed by atoms with Crippen molar-refractivity contribution in [2.24, 2.45) is 0 Å². The summed E-state index contributed by atoms with van der Waals surface area (Å²) in [4.78, 5) is 11.6. The predicted octanol–water partition coefficient (Wildman–Crippen LogP) is 4.34. The molecule has 2 heterocycles. The Balaban J connectivity index is 2.39. The first-order valence-electron chi connectivity index (χ1n) is 6.75. The molecule has 2 aromatic heterocycles. The van der Waals surface area contributed by atoms with E-state index in [9.17, 15) is 4.79 Å². The Kier molecular flexibility index (Phi) is 2.94. The molecule has 0 saturated carbocycles. The van der Waals surface area contributed by atoms with Crippen LogP contribution in [0.4, 0.5) is 0 Å². The van der Waals surface area contributed by atoms with E-state index >= 15 is 0 Å². The van der Waals surface area contributed by atoms with Gasteiger partial charge in [0.05, 0.1) is 5.69 Å². The quantitative estimate of drug-likeness (QED) is 0.630. The lowest BCUT2D eigenvalue weighted by Gasteiger charge is -2.06. The van der Waals surface area contributed by atoms with Gasteiger partial charge in [-0.25, -0.2) is 0 Å². The van der Waals surface area contributed by atoms with E-state index in [1.807, 2.05) is 16.7 Å². The largest absolute Gasteiger partial charge is 0.313 e. The molecule has 0 aliphatic carbocycles. The summed E-state index contributed by atoms with van der Waals surface area (Å²) in [6.07, 6.45) is 2.89. The van der Waals surface area contributed by atoms with Gasteiger partial charge in [0.25, 0.3) is 0 Å². The molecule has 0 radical (unpaired) electrons. The summed E-state index contributed by atoms with van der Waals surface area (Å²) in [5, 5.41) is 0. The van der Waals surface area contributed by atoms with Gasteiger partial charge in [-0.1, -0.05) is 29.8 Å². The third kappa shape index (κ3) is 1.85. The van der Waals surface area contributed by atoms with Gasteiger partial charge in [0.1, 0.15) is 0 Å². The van der Waals surface area contributed by atoms with E-state index in [-0.39, 0.29) is 0 Å². The Hall–Kier alpha value is -2.35. The van der Waals surface area contributed by atoms with Crippen molar-refractivity contribution in [3.63, 3.8) is 0 Å². The second-order valence-electron chi connectivity index (χ2n) is 5.33. The zero-order valence-electron chi connectivity index (χ0n) is 12.0. The molecule has 3 aromatic rings. The molecule has 2 nitrogen and oxygen atoms in total. The molecule has 100 valence electrons. The van der Waals surface area contributed by atoms with Crippen LogP contribution in [0.15, 0.2) is 42.6 Å². The molecule has 3 rings (SSSR count). The number of aromatic nitrogens is 1. The molecule has 0 spiro atoms. The number of rotatable bonds is 2. The van der Waals surface area contributed by atoms with Crippen LogP contribution in [0.3, 0.4) is 0 Å². The van der Waals surface area contributed by atoms with Crippen molar-refractivity contribution >= 4 is 11.8 Å². The van der Waals surface area contributed by atoms with Crippen LogP contribution >= 0.6 is 0 Å². The number of fused-ring (bicyclic) bond motifs is 1. The van der Waals surface area contributed by atoms with E-state index in [0.717, 1.165) is 28.6 Å². The lowest BCUT2D eigenvalue weighted by Crippen LogP contribution is -1.94. The van der Waals surface area contributed by atoms with Crippen molar-refractivity contribution in [1.82, 2.24) is 4.40 Å². The van der Waals surface area contributed by atoms with Crippen molar-refractivity contribution in [3.8, 4) is 11.1 Å². The topological polar surface area (TPSA) is 21.5 Å². The third-order valence-electron chi connectivity index (χ3n) is 3.86. The highest BCUT2D eigenvalue weighted by molar-refractivity contribution is 5.91. The van der Waals surface area contributed by atoms with Crippen molar-refractivity contribution in [2.75, 3.05) is 0 Å². The Labute approximate surface area is 118 Å². The van der Waals surface area contributed by atoms with Gasteiger partial charge in [-0.2, -0.15) is 0 Å². The number of nitrogens with zero attached hydrogens (tertiary/aromatic N) is 1. The molecule has 2 heteroatoms. The van der Waals surface area contributed by atoms with Crippen LogP contribution in [0.25, 0.3) is 16.6 Å². The number of aryl methyl sites for hydroxylation is 3. The zero-order chi connectivity index (χ0) is 14.3. The second kappa shape index (κ2) is 4.64. The molecule has 0 aliphatic rings. The molecule has 0 aliphatic heterocycles. The zero-order valence-corrected chi connectivity index (χ0v) is 12.0. The van der Waals surface area contributed by atoms with E-state index in [0.29, 0.717) is 0 Å². The maximum absolute atomic E-state index is 11.6. The molecule has 0 bridgehead atoms. The van der Waals surface area contributed by atoms with Gasteiger partial charge in [-0.15, -0.1) is 0 Å². The fourth-order valence-electron chi connectivity index (χ4n) is 2.72. The highest BCUT2D eigenvalue weighted by Crippen LogP contribution is 2.31. The van der Waals surface area contributed by atoms with Crippen LogP contribution in [0, 0.1) is 20.8 Å². The maximum Gasteiger partial charge on any atom is 0.167 e. The number of pyridine rings is 1. The van der Waals surface area contributed by atoms with Gasteiger partial charge >= 0.3 is 0 Å². The number of carbonyl (C=O) groups excluding carboxylic acids is 1. The van der Waals surface area contributed by atoms with Gasteiger partial charge in [-0.05, 0) is 49.6 Å². The Bertz CT molecular complexity index is 812. The summed E-state index contributed by atoms with van der Waals surface area (Å²) >= 11 is 0. The average molecular weight is 263 g/mol.